The number of hydrogen-bond donors (Lipinski definition) is 1. The molecule has 3 rings (SSSR count). The van der Waals surface area contributed by atoms with Crippen LogP contribution in [0, 0.1) is 5.92 Å². The third-order valence-corrected chi connectivity index (χ3v) is 4.08. The molecule has 0 saturated carbocycles. The molecule has 1 aliphatic heterocycles. The highest BCUT2D eigenvalue weighted by molar-refractivity contribution is 6.20. The number of aliphatic imine (C=N–C) groups is 1. The van der Waals surface area contributed by atoms with Gasteiger partial charge in [-0.15, -0.1) is 0 Å². The van der Waals surface area contributed by atoms with Crippen LogP contribution in [0.1, 0.15) is 25.0 Å². The molecule has 124 valence electrons. The fourth-order valence-electron chi connectivity index (χ4n) is 3.00. The van der Waals surface area contributed by atoms with Crippen LogP contribution in [0.5, 0.6) is 0 Å². The maximum absolute atomic E-state index is 13.0. The highest BCUT2D eigenvalue weighted by atomic mass is 16.2. The molecule has 0 radical (unpaired) electrons. The molecule has 1 aliphatic rings. The van der Waals surface area contributed by atoms with E-state index in [-0.39, 0.29) is 5.91 Å². The Bertz CT molecular complexity index is 752. The van der Waals surface area contributed by atoms with Crippen LogP contribution in [0.3, 0.4) is 0 Å². The Morgan fingerprint density at radius 2 is 1.75 bits per heavy atom. The van der Waals surface area contributed by atoms with E-state index in [1.165, 1.54) is 0 Å². The van der Waals surface area contributed by atoms with Crippen molar-refractivity contribution in [1.29, 1.82) is 0 Å². The maximum atomic E-state index is 13.0. The lowest BCUT2D eigenvalue weighted by molar-refractivity contribution is -0.120. The summed E-state index contributed by atoms with van der Waals surface area (Å²) in [5, 5.41) is 3.05. The number of carbonyl (C=O) groups is 1. The number of hydrogen-bond acceptors (Lipinski definition) is 3. The first-order valence-corrected chi connectivity index (χ1v) is 8.33. The smallest absolute Gasteiger partial charge is 0.266 e. The summed E-state index contributed by atoms with van der Waals surface area (Å²) >= 11 is 0. The van der Waals surface area contributed by atoms with E-state index in [1.807, 2.05) is 59.5 Å². The monoisotopic (exact) mass is 321 g/mol. The molecular weight excluding hydrogens is 298 g/mol. The Balaban J connectivity index is 2.19. The first-order valence-electron chi connectivity index (χ1n) is 8.33. The number of benzodiazepines with no additional fused rings is 1. The van der Waals surface area contributed by atoms with Gasteiger partial charge in [0.15, 0.2) is 6.17 Å². The maximum Gasteiger partial charge on any atom is 0.266 e. The van der Waals surface area contributed by atoms with Crippen molar-refractivity contribution in [2.75, 3.05) is 18.5 Å². The molecule has 24 heavy (non-hydrogen) atoms. The molecule has 0 spiro atoms. The number of para-hydroxylation sites is 1. The molecule has 2 aromatic carbocycles. The Morgan fingerprint density at radius 1 is 1.08 bits per heavy atom. The summed E-state index contributed by atoms with van der Waals surface area (Å²) in [5.74, 6) is 0.363. The van der Waals surface area contributed by atoms with Gasteiger partial charge in [0.1, 0.15) is 0 Å². The zero-order chi connectivity index (χ0) is 17.1. The quantitative estimate of drug-likeness (QED) is 0.940. The molecule has 1 amide bonds. The number of rotatable bonds is 4. The van der Waals surface area contributed by atoms with Gasteiger partial charge in [-0.05, 0) is 19.0 Å². The van der Waals surface area contributed by atoms with Crippen molar-refractivity contribution in [2.24, 2.45) is 10.9 Å². The average molecular weight is 321 g/mol. The topological polar surface area (TPSA) is 44.7 Å². The predicted molar refractivity (Wildman–Crippen MR) is 98.6 cm³/mol. The molecule has 1 N–H and O–H groups in total. The molecule has 2 aromatic rings. The standard InChI is InChI=1S/C20H23N3O/c1-14(2)13-23-17-12-8-7-11-16(17)18(15-9-5-4-6-10-15)22-19(21-3)20(23)24/h4-12,14,19,21H,13H2,1-3H3/t19-/m1/s1. The van der Waals surface area contributed by atoms with E-state index < -0.39 is 6.17 Å². The van der Waals surface area contributed by atoms with Crippen LogP contribution < -0.4 is 10.2 Å². The van der Waals surface area contributed by atoms with Gasteiger partial charge >= 0.3 is 0 Å². The number of benzene rings is 2. The van der Waals surface area contributed by atoms with Crippen LogP contribution in [-0.2, 0) is 4.79 Å². The number of nitrogens with zero attached hydrogens (tertiary/aromatic N) is 2. The van der Waals surface area contributed by atoms with Gasteiger partial charge < -0.3 is 4.90 Å². The van der Waals surface area contributed by atoms with Gasteiger partial charge in [0.2, 0.25) is 0 Å². The second kappa shape index (κ2) is 6.97. The third kappa shape index (κ3) is 3.10. The highest BCUT2D eigenvalue weighted by Crippen LogP contribution is 2.28. The number of nitrogens with one attached hydrogen (secondary N) is 1. The van der Waals surface area contributed by atoms with Crippen molar-refractivity contribution in [3.05, 3.63) is 65.7 Å². The molecule has 0 aliphatic carbocycles. The molecule has 0 aromatic heterocycles. The van der Waals surface area contributed by atoms with Gasteiger partial charge in [-0.3, -0.25) is 15.1 Å². The number of carbonyl (C=O) groups excluding carboxylic acids is 1. The number of anilines is 1. The second-order valence-electron chi connectivity index (χ2n) is 6.39. The van der Waals surface area contributed by atoms with Crippen LogP contribution >= 0.6 is 0 Å². The van der Waals surface area contributed by atoms with Crippen molar-refractivity contribution in [1.82, 2.24) is 5.32 Å². The number of amides is 1. The zero-order valence-corrected chi connectivity index (χ0v) is 14.4. The minimum Gasteiger partial charge on any atom is -0.308 e. The summed E-state index contributed by atoms with van der Waals surface area (Å²) in [6.07, 6.45) is -0.577. The van der Waals surface area contributed by atoms with Gasteiger partial charge in [-0.1, -0.05) is 62.4 Å². The summed E-state index contributed by atoms with van der Waals surface area (Å²) in [4.78, 5) is 19.6. The van der Waals surface area contributed by atoms with Crippen LogP contribution in [-0.4, -0.2) is 31.4 Å². The van der Waals surface area contributed by atoms with Crippen LogP contribution in [0.4, 0.5) is 5.69 Å². The Hall–Kier alpha value is -2.46. The fourth-order valence-corrected chi connectivity index (χ4v) is 3.00. The van der Waals surface area contributed by atoms with E-state index in [0.29, 0.717) is 12.5 Å². The van der Waals surface area contributed by atoms with Crippen molar-refractivity contribution >= 4 is 17.3 Å². The van der Waals surface area contributed by atoms with Crippen molar-refractivity contribution < 1.29 is 4.79 Å². The summed E-state index contributed by atoms with van der Waals surface area (Å²) in [5.41, 5.74) is 3.79. The Morgan fingerprint density at radius 3 is 2.42 bits per heavy atom. The SMILES string of the molecule is CN[C@@H]1N=C(c2ccccc2)c2ccccc2N(CC(C)C)C1=O. The minimum absolute atomic E-state index is 0.00965. The average Bonchev–Trinajstić information content (AvgIpc) is 2.71. The summed E-state index contributed by atoms with van der Waals surface area (Å²) in [6.45, 7) is 4.91. The van der Waals surface area contributed by atoms with Crippen LogP contribution in [0.15, 0.2) is 59.6 Å². The predicted octanol–water partition coefficient (Wildman–Crippen LogP) is 3.07. The van der Waals surface area contributed by atoms with E-state index in [1.54, 1.807) is 7.05 Å². The second-order valence-corrected chi connectivity index (χ2v) is 6.39. The highest BCUT2D eigenvalue weighted by Gasteiger charge is 2.31. The van der Waals surface area contributed by atoms with E-state index in [4.69, 9.17) is 4.99 Å². The van der Waals surface area contributed by atoms with Gasteiger partial charge in [-0.2, -0.15) is 0 Å². The van der Waals surface area contributed by atoms with Gasteiger partial charge in [0.25, 0.3) is 5.91 Å². The minimum atomic E-state index is -0.577. The first-order chi connectivity index (χ1) is 11.6. The molecular formula is C20H23N3O. The normalized spacial score (nSPS) is 17.5. The molecule has 0 bridgehead atoms. The van der Waals surface area contributed by atoms with E-state index >= 15 is 0 Å². The number of fused-ring (bicyclic) bond motifs is 1. The third-order valence-electron chi connectivity index (χ3n) is 4.08. The van der Waals surface area contributed by atoms with E-state index in [9.17, 15) is 4.79 Å². The van der Waals surface area contributed by atoms with Crippen molar-refractivity contribution in [3.63, 3.8) is 0 Å². The molecule has 0 saturated heterocycles. The lowest BCUT2D eigenvalue weighted by Gasteiger charge is -2.26. The molecule has 1 heterocycles. The molecule has 4 heteroatoms. The molecule has 0 unspecified atom stereocenters. The summed E-state index contributed by atoms with van der Waals surface area (Å²) in [6, 6.07) is 18.1. The van der Waals surface area contributed by atoms with E-state index in [0.717, 1.165) is 22.5 Å². The van der Waals surface area contributed by atoms with Crippen molar-refractivity contribution in [2.45, 2.75) is 20.0 Å². The summed E-state index contributed by atoms with van der Waals surface area (Å²) < 4.78 is 0. The summed E-state index contributed by atoms with van der Waals surface area (Å²) in [7, 11) is 1.78. The molecule has 4 nitrogen and oxygen atoms in total. The fraction of sp³-hybridized carbons (Fsp3) is 0.300. The molecule has 1 atom stereocenters. The Kier molecular flexibility index (Phi) is 4.76. The zero-order valence-electron chi connectivity index (χ0n) is 14.4. The Labute approximate surface area is 143 Å². The van der Waals surface area contributed by atoms with E-state index in [2.05, 4.69) is 19.2 Å². The van der Waals surface area contributed by atoms with Gasteiger partial charge in [0.05, 0.1) is 11.4 Å². The van der Waals surface area contributed by atoms with Gasteiger partial charge in [0, 0.05) is 17.7 Å². The number of likely N-dealkylation sites (N-methyl/N-ethyl adjacent to an activating group) is 1. The first kappa shape index (κ1) is 16.4. The van der Waals surface area contributed by atoms with Gasteiger partial charge in [-0.25, -0.2) is 0 Å². The molecule has 0 fully saturated rings. The lowest BCUT2D eigenvalue weighted by Crippen LogP contribution is -2.45. The van der Waals surface area contributed by atoms with Crippen LogP contribution in [0.2, 0.25) is 0 Å². The van der Waals surface area contributed by atoms with Crippen LogP contribution in [0.25, 0.3) is 0 Å². The lowest BCUT2D eigenvalue weighted by atomic mass is 10.00. The van der Waals surface area contributed by atoms with Crippen molar-refractivity contribution in [3.8, 4) is 0 Å². The largest absolute Gasteiger partial charge is 0.308 e.